The predicted molar refractivity (Wildman–Crippen MR) is 54.9 cm³/mol. The minimum Gasteiger partial charge on any atom is -0.478 e. The molecule has 0 spiro atoms. The zero-order valence-electron chi connectivity index (χ0n) is 9.24. The Kier molecular flexibility index (Phi) is 5.23. The van der Waals surface area contributed by atoms with Crippen LogP contribution in [0.5, 0.6) is 0 Å². The van der Waals surface area contributed by atoms with Crippen molar-refractivity contribution in [2.75, 3.05) is 14.1 Å². The molecule has 0 aliphatic heterocycles. The standard InChI is InChI=1S/C10H19NO3/c1-5-9(11(3)4)8(10(13)14)6-7(2)12/h7,12H,5-6H2,1-4H3,(H,13,14). The smallest absolute Gasteiger partial charge is 0.333 e. The van der Waals surface area contributed by atoms with Crippen molar-refractivity contribution >= 4 is 5.97 Å². The molecule has 0 bridgehead atoms. The summed E-state index contributed by atoms with van der Waals surface area (Å²) in [6, 6.07) is 0. The lowest BCUT2D eigenvalue weighted by Crippen LogP contribution is -2.19. The summed E-state index contributed by atoms with van der Waals surface area (Å²) < 4.78 is 0. The van der Waals surface area contributed by atoms with Gasteiger partial charge in [0.15, 0.2) is 0 Å². The highest BCUT2D eigenvalue weighted by Crippen LogP contribution is 2.16. The van der Waals surface area contributed by atoms with Crippen LogP contribution in [-0.2, 0) is 4.79 Å². The summed E-state index contributed by atoms with van der Waals surface area (Å²) in [4.78, 5) is 12.7. The highest BCUT2D eigenvalue weighted by Gasteiger charge is 2.16. The summed E-state index contributed by atoms with van der Waals surface area (Å²) in [7, 11) is 3.62. The van der Waals surface area contributed by atoms with E-state index < -0.39 is 12.1 Å². The van der Waals surface area contributed by atoms with Crippen LogP contribution in [0.2, 0.25) is 0 Å². The fourth-order valence-corrected chi connectivity index (χ4v) is 1.42. The first-order valence-corrected chi connectivity index (χ1v) is 4.70. The Morgan fingerprint density at radius 2 is 1.93 bits per heavy atom. The van der Waals surface area contributed by atoms with E-state index in [1.54, 1.807) is 11.8 Å². The number of aliphatic hydroxyl groups is 1. The van der Waals surface area contributed by atoms with Crippen LogP contribution in [0.1, 0.15) is 26.7 Å². The summed E-state index contributed by atoms with van der Waals surface area (Å²) in [5, 5.41) is 18.2. The van der Waals surface area contributed by atoms with Crippen molar-refractivity contribution in [1.29, 1.82) is 0 Å². The number of nitrogens with zero attached hydrogens (tertiary/aromatic N) is 1. The fraction of sp³-hybridized carbons (Fsp3) is 0.700. The predicted octanol–water partition coefficient (Wildman–Crippen LogP) is 1.07. The van der Waals surface area contributed by atoms with E-state index in [9.17, 15) is 9.90 Å². The molecule has 0 aromatic rings. The van der Waals surface area contributed by atoms with Crippen molar-refractivity contribution in [3.8, 4) is 0 Å². The Morgan fingerprint density at radius 3 is 2.14 bits per heavy atom. The monoisotopic (exact) mass is 201 g/mol. The van der Waals surface area contributed by atoms with Gasteiger partial charge in [-0.25, -0.2) is 4.79 Å². The van der Waals surface area contributed by atoms with E-state index in [1.165, 1.54) is 0 Å². The second kappa shape index (κ2) is 5.65. The Morgan fingerprint density at radius 1 is 1.43 bits per heavy atom. The van der Waals surface area contributed by atoms with Gasteiger partial charge in [-0.05, 0) is 13.3 Å². The van der Waals surface area contributed by atoms with Crippen LogP contribution in [0.4, 0.5) is 0 Å². The van der Waals surface area contributed by atoms with E-state index in [-0.39, 0.29) is 6.42 Å². The number of aliphatic hydroxyl groups excluding tert-OH is 1. The molecular formula is C10H19NO3. The third kappa shape index (κ3) is 3.79. The van der Waals surface area contributed by atoms with Crippen LogP contribution in [-0.4, -0.2) is 41.3 Å². The van der Waals surface area contributed by atoms with Crippen LogP contribution in [0.3, 0.4) is 0 Å². The Bertz CT molecular complexity index is 232. The van der Waals surface area contributed by atoms with Gasteiger partial charge in [0, 0.05) is 26.2 Å². The van der Waals surface area contributed by atoms with E-state index in [2.05, 4.69) is 0 Å². The third-order valence-corrected chi connectivity index (χ3v) is 1.98. The van der Waals surface area contributed by atoms with Gasteiger partial charge in [0.1, 0.15) is 0 Å². The van der Waals surface area contributed by atoms with Gasteiger partial charge in [-0.15, -0.1) is 0 Å². The SMILES string of the molecule is CCC(=C(CC(C)O)C(=O)O)N(C)C. The lowest BCUT2D eigenvalue weighted by atomic mass is 10.0. The zero-order valence-corrected chi connectivity index (χ0v) is 9.24. The summed E-state index contributed by atoms with van der Waals surface area (Å²) in [5.41, 5.74) is 1.06. The van der Waals surface area contributed by atoms with Crippen LogP contribution < -0.4 is 0 Å². The number of rotatable bonds is 5. The molecule has 0 heterocycles. The van der Waals surface area contributed by atoms with Crippen molar-refractivity contribution in [3.05, 3.63) is 11.3 Å². The van der Waals surface area contributed by atoms with Crippen molar-refractivity contribution in [3.63, 3.8) is 0 Å². The number of carboxylic acid groups (broad SMARTS) is 1. The summed E-state index contributed by atoms with van der Waals surface area (Å²) >= 11 is 0. The van der Waals surface area contributed by atoms with Gasteiger partial charge in [-0.2, -0.15) is 0 Å². The molecule has 0 amide bonds. The minimum atomic E-state index is -0.948. The van der Waals surface area contributed by atoms with Crippen molar-refractivity contribution in [1.82, 2.24) is 4.90 Å². The van der Waals surface area contributed by atoms with E-state index in [1.807, 2.05) is 21.0 Å². The van der Waals surface area contributed by atoms with Crippen LogP contribution in [0.15, 0.2) is 11.3 Å². The quantitative estimate of drug-likeness (QED) is 0.653. The molecule has 2 N–H and O–H groups in total. The third-order valence-electron chi connectivity index (χ3n) is 1.98. The molecule has 0 saturated carbocycles. The second-order valence-electron chi connectivity index (χ2n) is 3.53. The topological polar surface area (TPSA) is 60.8 Å². The molecule has 0 aromatic heterocycles. The molecule has 0 radical (unpaired) electrons. The molecule has 0 aromatic carbocycles. The average molecular weight is 201 g/mol. The molecule has 0 fully saturated rings. The van der Waals surface area contributed by atoms with Crippen LogP contribution >= 0.6 is 0 Å². The fourth-order valence-electron chi connectivity index (χ4n) is 1.42. The van der Waals surface area contributed by atoms with E-state index in [0.29, 0.717) is 12.0 Å². The van der Waals surface area contributed by atoms with Gasteiger partial charge < -0.3 is 15.1 Å². The molecule has 4 nitrogen and oxygen atoms in total. The summed E-state index contributed by atoms with van der Waals surface area (Å²) in [6.45, 7) is 3.49. The second-order valence-corrected chi connectivity index (χ2v) is 3.53. The number of allylic oxidation sites excluding steroid dienone is 1. The molecule has 1 atom stereocenters. The van der Waals surface area contributed by atoms with Crippen LogP contribution in [0.25, 0.3) is 0 Å². The lowest BCUT2D eigenvalue weighted by Gasteiger charge is -2.19. The first-order chi connectivity index (χ1) is 6.40. The summed E-state index contributed by atoms with van der Waals surface area (Å²) in [6.07, 6.45) is 0.223. The number of carboxylic acids is 1. The van der Waals surface area contributed by atoms with Crippen LogP contribution in [0, 0.1) is 0 Å². The lowest BCUT2D eigenvalue weighted by molar-refractivity contribution is -0.133. The Hall–Kier alpha value is -1.03. The maximum absolute atomic E-state index is 10.9. The van der Waals surface area contributed by atoms with E-state index >= 15 is 0 Å². The summed E-state index contributed by atoms with van der Waals surface area (Å²) in [5.74, 6) is -0.948. The molecule has 14 heavy (non-hydrogen) atoms. The normalized spacial score (nSPS) is 14.6. The van der Waals surface area contributed by atoms with Gasteiger partial charge in [-0.3, -0.25) is 0 Å². The molecule has 0 aliphatic rings. The van der Waals surface area contributed by atoms with Gasteiger partial charge in [0.2, 0.25) is 0 Å². The number of aliphatic carboxylic acids is 1. The van der Waals surface area contributed by atoms with Crippen molar-refractivity contribution in [2.45, 2.75) is 32.8 Å². The van der Waals surface area contributed by atoms with Crippen molar-refractivity contribution < 1.29 is 15.0 Å². The minimum absolute atomic E-state index is 0.191. The molecule has 82 valence electrons. The molecular weight excluding hydrogens is 182 g/mol. The largest absolute Gasteiger partial charge is 0.478 e. The highest BCUT2D eigenvalue weighted by atomic mass is 16.4. The average Bonchev–Trinajstić information content (AvgIpc) is 2.02. The van der Waals surface area contributed by atoms with E-state index in [0.717, 1.165) is 5.70 Å². The van der Waals surface area contributed by atoms with Crippen molar-refractivity contribution in [2.24, 2.45) is 0 Å². The van der Waals surface area contributed by atoms with Gasteiger partial charge in [-0.1, -0.05) is 6.92 Å². The zero-order chi connectivity index (χ0) is 11.3. The number of hydrogen-bond acceptors (Lipinski definition) is 3. The number of carbonyl (C=O) groups is 1. The van der Waals surface area contributed by atoms with Gasteiger partial charge in [0.05, 0.1) is 11.7 Å². The Balaban J connectivity index is 4.99. The molecule has 0 aliphatic carbocycles. The molecule has 0 saturated heterocycles. The van der Waals surface area contributed by atoms with E-state index in [4.69, 9.17) is 5.11 Å². The highest BCUT2D eigenvalue weighted by molar-refractivity contribution is 5.87. The maximum Gasteiger partial charge on any atom is 0.333 e. The maximum atomic E-state index is 10.9. The molecule has 4 heteroatoms. The van der Waals surface area contributed by atoms with Gasteiger partial charge in [0.25, 0.3) is 0 Å². The molecule has 0 rings (SSSR count). The number of hydrogen-bond donors (Lipinski definition) is 2. The van der Waals surface area contributed by atoms with Gasteiger partial charge >= 0.3 is 5.97 Å². The Labute approximate surface area is 84.8 Å². The molecule has 1 unspecified atom stereocenters. The first-order valence-electron chi connectivity index (χ1n) is 4.70. The first kappa shape index (κ1) is 13.0.